The lowest BCUT2D eigenvalue weighted by atomic mass is 10.3. The van der Waals surface area contributed by atoms with Crippen LogP contribution < -0.4 is 11.5 Å². The van der Waals surface area contributed by atoms with Gasteiger partial charge in [-0.3, -0.25) is 4.79 Å². The molecule has 130 valence electrons. The van der Waals surface area contributed by atoms with Crippen molar-refractivity contribution in [2.24, 2.45) is 0 Å². The van der Waals surface area contributed by atoms with Crippen LogP contribution in [-0.4, -0.2) is 40.2 Å². The van der Waals surface area contributed by atoms with E-state index in [1.807, 2.05) is 0 Å². The third-order valence-corrected chi connectivity index (χ3v) is 6.18. The molecule has 0 aromatic heterocycles. The molecule has 1 aromatic rings. The van der Waals surface area contributed by atoms with E-state index in [2.05, 4.69) is 4.18 Å². The van der Waals surface area contributed by atoms with Crippen LogP contribution in [-0.2, 0) is 28.9 Å². The molecule has 11 heteroatoms. The quantitative estimate of drug-likeness (QED) is 0.374. The van der Waals surface area contributed by atoms with E-state index in [0.29, 0.717) is 0 Å². The fraction of sp³-hybridized carbons (Fsp3) is 0.417. The Morgan fingerprint density at radius 1 is 1.13 bits per heavy atom. The average molecular weight is 385 g/mol. The van der Waals surface area contributed by atoms with Crippen molar-refractivity contribution in [2.75, 3.05) is 28.9 Å². The molecule has 8 nitrogen and oxygen atoms in total. The minimum Gasteiger partial charge on any atom is -0.399 e. The van der Waals surface area contributed by atoms with Gasteiger partial charge < -0.3 is 15.7 Å². The molecule has 0 aliphatic heterocycles. The first-order chi connectivity index (χ1) is 10.6. The molecular formula is C12H17ClN2O6S2. The van der Waals surface area contributed by atoms with Crippen molar-refractivity contribution in [3.63, 3.8) is 0 Å². The van der Waals surface area contributed by atoms with E-state index >= 15 is 0 Å². The number of hydrogen-bond acceptors (Lipinski definition) is 8. The van der Waals surface area contributed by atoms with Gasteiger partial charge in [-0.2, -0.15) is 8.42 Å². The van der Waals surface area contributed by atoms with Gasteiger partial charge in [0, 0.05) is 18.0 Å². The number of halogens is 1. The summed E-state index contributed by atoms with van der Waals surface area (Å²) in [6, 6.07) is 3.75. The lowest BCUT2D eigenvalue weighted by Gasteiger charge is -2.08. The maximum Gasteiger partial charge on any atom is 0.343 e. The van der Waals surface area contributed by atoms with Crippen LogP contribution in [0.4, 0.5) is 11.4 Å². The van der Waals surface area contributed by atoms with E-state index < -0.39 is 30.8 Å². The number of hydrogen-bond donors (Lipinski definition) is 2. The Balaban J connectivity index is 2.68. The molecule has 0 fully saturated rings. The smallest absolute Gasteiger partial charge is 0.343 e. The van der Waals surface area contributed by atoms with Crippen LogP contribution in [0.3, 0.4) is 0 Å². The monoisotopic (exact) mass is 384 g/mol. The zero-order valence-corrected chi connectivity index (χ0v) is 14.5. The normalized spacial score (nSPS) is 12.0. The van der Waals surface area contributed by atoms with Crippen molar-refractivity contribution < 1.29 is 25.8 Å². The maximum absolute atomic E-state index is 12.0. The van der Waals surface area contributed by atoms with E-state index in [4.69, 9.17) is 23.1 Å². The first-order valence-electron chi connectivity index (χ1n) is 6.46. The summed E-state index contributed by atoms with van der Waals surface area (Å²) >= 11 is 5.34. The van der Waals surface area contributed by atoms with Crippen molar-refractivity contribution in [3.05, 3.63) is 18.2 Å². The summed E-state index contributed by atoms with van der Waals surface area (Å²) in [5.41, 5.74) is 11.0. The van der Waals surface area contributed by atoms with Crippen LogP contribution in [0, 0.1) is 0 Å². The van der Waals surface area contributed by atoms with Gasteiger partial charge in [-0.15, -0.1) is 11.6 Å². The van der Waals surface area contributed by atoms with Gasteiger partial charge in [0.05, 0.1) is 17.2 Å². The third kappa shape index (κ3) is 6.24. The second kappa shape index (κ2) is 7.84. The molecule has 0 aliphatic carbocycles. The van der Waals surface area contributed by atoms with Crippen LogP contribution >= 0.6 is 11.6 Å². The predicted octanol–water partition coefficient (Wildman–Crippen LogP) is 0.517. The summed E-state index contributed by atoms with van der Waals surface area (Å²) in [5, 5.41) is 0. The Kier molecular flexibility index (Phi) is 6.66. The summed E-state index contributed by atoms with van der Waals surface area (Å²) in [7, 11) is -7.78. The summed E-state index contributed by atoms with van der Waals surface area (Å²) in [5.74, 6) is -1.61. The highest BCUT2D eigenvalue weighted by Crippen LogP contribution is 2.23. The molecule has 1 aromatic carbocycles. The summed E-state index contributed by atoms with van der Waals surface area (Å²) in [6.07, 6.45) is -0.442. The van der Waals surface area contributed by atoms with Crippen molar-refractivity contribution in [1.82, 2.24) is 0 Å². The van der Waals surface area contributed by atoms with E-state index in [-0.39, 0.29) is 41.6 Å². The fourth-order valence-corrected chi connectivity index (χ4v) is 4.42. The number of benzene rings is 1. The number of anilines is 2. The van der Waals surface area contributed by atoms with Crippen LogP contribution in [0.2, 0.25) is 0 Å². The highest BCUT2D eigenvalue weighted by Gasteiger charge is 2.23. The molecule has 0 aliphatic rings. The molecule has 0 saturated heterocycles. The van der Waals surface area contributed by atoms with E-state index in [0.717, 1.165) is 6.07 Å². The molecule has 0 bridgehead atoms. The van der Waals surface area contributed by atoms with Gasteiger partial charge in [0.25, 0.3) is 0 Å². The Bertz CT molecular complexity index is 777. The molecule has 0 heterocycles. The lowest BCUT2D eigenvalue weighted by molar-refractivity contribution is -0.133. The largest absolute Gasteiger partial charge is 0.399 e. The molecular weight excluding hydrogens is 368 g/mol. The molecule has 0 saturated carbocycles. The molecule has 0 unspecified atom stereocenters. The van der Waals surface area contributed by atoms with Gasteiger partial charge in [0.1, 0.15) is 4.90 Å². The van der Waals surface area contributed by atoms with E-state index in [9.17, 15) is 21.6 Å². The standard InChI is InChI=1S/C12H17ClN2O6S2/c13-5-7-22(17,18)6-1-2-12(16)21-23(19,20)11-8-9(14)3-4-10(11)15/h3-4,8H,1-2,5-7,14-15H2. The molecule has 0 atom stereocenters. The first kappa shape index (κ1) is 19.5. The zero-order valence-electron chi connectivity index (χ0n) is 12.1. The zero-order chi connectivity index (χ0) is 17.7. The number of alkyl halides is 1. The van der Waals surface area contributed by atoms with Gasteiger partial charge in [-0.05, 0) is 24.6 Å². The molecule has 0 radical (unpaired) electrons. The lowest BCUT2D eigenvalue weighted by Crippen LogP contribution is -2.17. The summed E-state index contributed by atoms with van der Waals surface area (Å²) < 4.78 is 51.2. The maximum atomic E-state index is 12.0. The second-order valence-corrected chi connectivity index (χ2v) is 8.85. The molecule has 4 N–H and O–H groups in total. The van der Waals surface area contributed by atoms with E-state index in [1.54, 1.807) is 0 Å². The van der Waals surface area contributed by atoms with Crippen molar-refractivity contribution in [1.29, 1.82) is 0 Å². The third-order valence-electron chi connectivity index (χ3n) is 2.73. The second-order valence-electron chi connectivity index (χ2n) is 4.65. The number of carbonyl (C=O) groups excluding carboxylic acids is 1. The van der Waals surface area contributed by atoms with E-state index in [1.165, 1.54) is 12.1 Å². The summed E-state index contributed by atoms with van der Waals surface area (Å²) in [6.45, 7) is 0. The fourth-order valence-electron chi connectivity index (χ4n) is 1.63. The van der Waals surface area contributed by atoms with Crippen molar-refractivity contribution in [2.45, 2.75) is 17.7 Å². The van der Waals surface area contributed by atoms with Crippen LogP contribution in [0.25, 0.3) is 0 Å². The number of rotatable bonds is 8. The van der Waals surface area contributed by atoms with Crippen molar-refractivity contribution >= 4 is 48.9 Å². The number of sulfone groups is 1. The molecule has 0 amide bonds. The van der Waals surface area contributed by atoms with Gasteiger partial charge >= 0.3 is 16.1 Å². The van der Waals surface area contributed by atoms with Crippen molar-refractivity contribution in [3.8, 4) is 0 Å². The topological polar surface area (TPSA) is 147 Å². The van der Waals surface area contributed by atoms with Crippen LogP contribution in [0.5, 0.6) is 0 Å². The van der Waals surface area contributed by atoms with Gasteiger partial charge in [0.15, 0.2) is 9.84 Å². The SMILES string of the molecule is Nc1ccc(N)c(S(=O)(=O)OC(=O)CCCS(=O)(=O)CCCl)c1. The number of nitrogen functional groups attached to an aromatic ring is 2. The number of nitrogens with two attached hydrogens (primary N) is 2. The molecule has 0 spiro atoms. The predicted molar refractivity (Wildman–Crippen MR) is 87.2 cm³/mol. The highest BCUT2D eigenvalue weighted by atomic mass is 35.5. The minimum atomic E-state index is -4.41. The molecule has 23 heavy (non-hydrogen) atoms. The number of carbonyl (C=O) groups is 1. The Morgan fingerprint density at radius 3 is 2.39 bits per heavy atom. The Labute approximate surface area is 139 Å². The van der Waals surface area contributed by atoms with Crippen LogP contribution in [0.15, 0.2) is 23.1 Å². The first-order valence-corrected chi connectivity index (χ1v) is 10.2. The average Bonchev–Trinajstić information content (AvgIpc) is 2.40. The highest BCUT2D eigenvalue weighted by molar-refractivity contribution is 7.91. The van der Waals surface area contributed by atoms with Crippen LogP contribution in [0.1, 0.15) is 12.8 Å². The Morgan fingerprint density at radius 2 is 1.78 bits per heavy atom. The minimum absolute atomic E-state index is 0.0458. The Hall–Kier alpha value is -1.52. The summed E-state index contributed by atoms with van der Waals surface area (Å²) in [4.78, 5) is 11.2. The van der Waals surface area contributed by atoms with Gasteiger partial charge in [-0.1, -0.05) is 0 Å². The van der Waals surface area contributed by atoms with Gasteiger partial charge in [0.2, 0.25) is 0 Å². The van der Waals surface area contributed by atoms with Gasteiger partial charge in [-0.25, -0.2) is 8.42 Å². The molecule has 1 rings (SSSR count).